The van der Waals surface area contributed by atoms with Gasteiger partial charge in [-0.1, -0.05) is 0 Å². The normalized spacial score (nSPS) is 8.57. The third-order valence-corrected chi connectivity index (χ3v) is 0. The maximum atomic E-state index is 7.33. The van der Waals surface area contributed by atoms with Crippen LogP contribution in [0.4, 0.5) is 0 Å². The first kappa shape index (κ1) is 15.7. The summed E-state index contributed by atoms with van der Waals surface area (Å²) in [5, 5.41) is 0. The van der Waals surface area contributed by atoms with Gasteiger partial charge in [-0.15, -0.1) is 0 Å². The summed E-state index contributed by atoms with van der Waals surface area (Å²) < 4.78 is 0. The van der Waals surface area contributed by atoms with Gasteiger partial charge in [0.2, 0.25) is 0 Å². The second kappa shape index (κ2) is 5.15. The molecule has 0 saturated heterocycles. The minimum Gasteiger partial charge on any atom is -0.368 e. The Bertz CT molecular complexity index is 27.2. The van der Waals surface area contributed by atoms with Gasteiger partial charge in [-0.3, -0.25) is 0 Å². The molecule has 0 saturated carbocycles. The average Bonchev–Trinajstić information content (AvgIpc) is 0.722. The second-order valence-electron chi connectivity index (χ2n) is 0.600. The predicted octanol–water partition coefficient (Wildman–Crippen LogP) is -2.99. The van der Waals surface area contributed by atoms with Crippen LogP contribution in [-0.2, 0) is 26.2 Å². The fourth-order valence-electron chi connectivity index (χ4n) is 0. The van der Waals surface area contributed by atoms with Gasteiger partial charge in [0.1, 0.15) is 0 Å². The summed E-state index contributed by atoms with van der Waals surface area (Å²) in [5.41, 5.74) is 0. The second-order valence-corrected chi connectivity index (χ2v) is 1.80. The monoisotopic (exact) mass is 197 g/mol. The van der Waals surface area contributed by atoms with Crippen LogP contribution in [-0.4, -0.2) is 36.6 Å². The van der Waals surface area contributed by atoms with Crippen LogP contribution in [0.1, 0.15) is 0 Å². The molecule has 0 aromatic heterocycles. The van der Waals surface area contributed by atoms with E-state index in [0.717, 1.165) is 0 Å². The van der Waals surface area contributed by atoms with Crippen molar-refractivity contribution in [2.45, 2.75) is 0 Å². The van der Waals surface area contributed by atoms with Crippen molar-refractivity contribution in [2.75, 3.05) is 0 Å². The SMILES string of the molecule is O[Si](O)(O)O.[B].[Zr]. The number of hydrogen-bond acceptors (Lipinski definition) is 4. The van der Waals surface area contributed by atoms with E-state index >= 15 is 0 Å². The van der Waals surface area contributed by atoms with E-state index in [4.69, 9.17) is 19.2 Å². The molecular formula is H4BO4SiZr. The minimum absolute atomic E-state index is 0. The molecule has 0 heterocycles. The van der Waals surface area contributed by atoms with Crippen molar-refractivity contribution in [1.29, 1.82) is 0 Å². The van der Waals surface area contributed by atoms with Crippen molar-refractivity contribution in [2.24, 2.45) is 0 Å². The van der Waals surface area contributed by atoms with E-state index in [1.54, 1.807) is 0 Å². The summed E-state index contributed by atoms with van der Waals surface area (Å²) in [5.74, 6) is 0. The van der Waals surface area contributed by atoms with E-state index in [-0.39, 0.29) is 34.6 Å². The largest absolute Gasteiger partial charge is 0.668 e. The maximum Gasteiger partial charge on any atom is 0.668 e. The molecule has 0 atom stereocenters. The average molecular weight is 198 g/mol. The van der Waals surface area contributed by atoms with Crippen LogP contribution >= 0.6 is 0 Å². The zero-order valence-electron chi connectivity index (χ0n) is 3.37. The Morgan fingerprint density at radius 3 is 0.857 bits per heavy atom. The van der Waals surface area contributed by atoms with Gasteiger partial charge in [0, 0.05) is 34.6 Å². The van der Waals surface area contributed by atoms with E-state index in [2.05, 4.69) is 0 Å². The Labute approximate surface area is 63.0 Å². The molecule has 0 aromatic rings. The van der Waals surface area contributed by atoms with Crippen molar-refractivity contribution in [3.8, 4) is 0 Å². The molecule has 0 amide bonds. The maximum absolute atomic E-state index is 7.33. The van der Waals surface area contributed by atoms with Crippen molar-refractivity contribution in [1.82, 2.24) is 0 Å². The third-order valence-electron chi connectivity index (χ3n) is 0. The molecule has 39 valence electrons. The van der Waals surface area contributed by atoms with E-state index in [1.807, 2.05) is 0 Å². The van der Waals surface area contributed by atoms with Crippen LogP contribution in [0.15, 0.2) is 0 Å². The molecule has 4 N–H and O–H groups in total. The van der Waals surface area contributed by atoms with Gasteiger partial charge < -0.3 is 19.2 Å². The standard InChI is InChI=1S/B.H4O4Si.Zr/c;1-5(2,3)4;/h;1-4H;. The molecule has 0 aliphatic carbocycles. The molecule has 0 fully saturated rings. The van der Waals surface area contributed by atoms with Crippen molar-refractivity contribution in [3.05, 3.63) is 0 Å². The molecule has 7 heavy (non-hydrogen) atoms. The van der Waals surface area contributed by atoms with E-state index < -0.39 is 9.05 Å². The minimum atomic E-state index is -4.61. The molecule has 7 heteroatoms. The van der Waals surface area contributed by atoms with Crippen LogP contribution in [0.25, 0.3) is 0 Å². The van der Waals surface area contributed by atoms with Gasteiger partial charge in [-0.05, 0) is 0 Å². The number of rotatable bonds is 0. The predicted molar refractivity (Wildman–Crippen MR) is 20.4 cm³/mol. The van der Waals surface area contributed by atoms with E-state index in [1.165, 1.54) is 0 Å². The summed E-state index contributed by atoms with van der Waals surface area (Å²) in [6.45, 7) is 0. The molecule has 0 spiro atoms. The summed E-state index contributed by atoms with van der Waals surface area (Å²) in [4.78, 5) is 29.3. The summed E-state index contributed by atoms with van der Waals surface area (Å²) in [6, 6.07) is 0. The summed E-state index contributed by atoms with van der Waals surface area (Å²) in [7, 11) is -4.61. The quantitative estimate of drug-likeness (QED) is 0.313. The Hall–Kier alpha value is 1.00. The molecule has 0 aliphatic heterocycles. The third kappa shape index (κ3) is 174. The van der Waals surface area contributed by atoms with Gasteiger partial charge in [-0.25, -0.2) is 0 Å². The Balaban J connectivity index is -0.0000000800. The van der Waals surface area contributed by atoms with Crippen LogP contribution in [0.2, 0.25) is 0 Å². The molecule has 0 rings (SSSR count). The van der Waals surface area contributed by atoms with Gasteiger partial charge in [0.15, 0.2) is 0 Å². The van der Waals surface area contributed by atoms with Crippen LogP contribution in [0, 0.1) is 0 Å². The summed E-state index contributed by atoms with van der Waals surface area (Å²) >= 11 is 0. The van der Waals surface area contributed by atoms with Crippen molar-refractivity contribution in [3.63, 3.8) is 0 Å². The zero-order chi connectivity index (χ0) is 4.50. The van der Waals surface area contributed by atoms with Crippen molar-refractivity contribution < 1.29 is 45.4 Å². The van der Waals surface area contributed by atoms with Gasteiger partial charge in [0.05, 0.1) is 0 Å². The smallest absolute Gasteiger partial charge is 0.368 e. The molecule has 0 bridgehead atoms. The fourth-order valence-corrected chi connectivity index (χ4v) is 0. The van der Waals surface area contributed by atoms with E-state index in [0.29, 0.717) is 0 Å². The first-order valence-corrected chi connectivity index (χ1v) is 2.68. The molecular weight excluding hydrogens is 194 g/mol. The van der Waals surface area contributed by atoms with Crippen LogP contribution in [0.3, 0.4) is 0 Å². The topological polar surface area (TPSA) is 80.9 Å². The molecule has 4 nitrogen and oxygen atoms in total. The van der Waals surface area contributed by atoms with Crippen molar-refractivity contribution >= 4 is 17.5 Å². The summed E-state index contributed by atoms with van der Waals surface area (Å²) in [6.07, 6.45) is 0. The molecule has 0 aromatic carbocycles. The first-order valence-electron chi connectivity index (χ1n) is 0.894. The number of hydrogen-bond donors (Lipinski definition) is 4. The van der Waals surface area contributed by atoms with Gasteiger partial charge in [0.25, 0.3) is 0 Å². The molecule has 0 aliphatic rings. The molecule has 3 radical (unpaired) electrons. The molecule has 0 unspecified atom stereocenters. The zero-order valence-corrected chi connectivity index (χ0v) is 6.82. The fraction of sp³-hybridized carbons (Fsp3) is 0. The van der Waals surface area contributed by atoms with Crippen LogP contribution < -0.4 is 0 Å². The van der Waals surface area contributed by atoms with E-state index in [9.17, 15) is 0 Å². The van der Waals surface area contributed by atoms with Crippen LogP contribution in [0.5, 0.6) is 0 Å². The Morgan fingerprint density at radius 2 is 0.857 bits per heavy atom. The van der Waals surface area contributed by atoms with Gasteiger partial charge in [-0.2, -0.15) is 0 Å². The first-order chi connectivity index (χ1) is 2.00. The van der Waals surface area contributed by atoms with Gasteiger partial charge >= 0.3 is 9.05 Å². The Morgan fingerprint density at radius 1 is 0.857 bits per heavy atom. The Kier molecular flexibility index (Phi) is 11.5.